The molecule has 4 aromatic carbocycles. The number of alkyl halides is 6. The minimum atomic E-state index is -4.62. The van der Waals surface area contributed by atoms with Gasteiger partial charge in [-0.05, 0) is 73.2 Å². The van der Waals surface area contributed by atoms with E-state index < -0.39 is 33.3 Å². The molecular formula is C34H30F6N2O5. The summed E-state index contributed by atoms with van der Waals surface area (Å²) in [5.41, 5.74) is -1.32. The Bertz CT molecular complexity index is 1620. The van der Waals surface area contributed by atoms with E-state index in [2.05, 4.69) is 0 Å². The molecule has 0 atom stereocenters. The van der Waals surface area contributed by atoms with Crippen molar-refractivity contribution >= 4 is 11.4 Å². The van der Waals surface area contributed by atoms with E-state index in [0.717, 1.165) is 48.5 Å². The quantitative estimate of drug-likeness (QED) is 0.0856. The van der Waals surface area contributed by atoms with E-state index in [9.17, 15) is 46.6 Å². The van der Waals surface area contributed by atoms with Crippen LogP contribution >= 0.6 is 0 Å². The number of rotatable bonds is 12. The fourth-order valence-corrected chi connectivity index (χ4v) is 5.35. The summed E-state index contributed by atoms with van der Waals surface area (Å²) < 4.78 is 86.1. The van der Waals surface area contributed by atoms with Crippen molar-refractivity contribution < 1.29 is 40.9 Å². The summed E-state index contributed by atoms with van der Waals surface area (Å²) in [5.74, 6) is 0.313. The van der Waals surface area contributed by atoms with Gasteiger partial charge in [0.25, 0.3) is 11.4 Å². The first-order valence-electron chi connectivity index (χ1n) is 14.8. The van der Waals surface area contributed by atoms with Gasteiger partial charge in [0.2, 0.25) is 0 Å². The van der Waals surface area contributed by atoms with Gasteiger partial charge in [-0.2, -0.15) is 26.3 Å². The van der Waals surface area contributed by atoms with Crippen molar-refractivity contribution in [3.8, 4) is 33.8 Å². The SMILES string of the molecule is CCCCc1c(Oc2ccc([N+](=O)[O-])c(-c3ccc(C(F)(F)F)cc3)c2CCCC)ccc([N+](=O)[O-])c1-c1ccc(C(F)(F)F)cc1. The summed E-state index contributed by atoms with van der Waals surface area (Å²) in [5, 5.41) is 24.3. The van der Waals surface area contributed by atoms with Gasteiger partial charge in [-0.3, -0.25) is 20.2 Å². The van der Waals surface area contributed by atoms with Crippen LogP contribution in [0.15, 0.2) is 72.8 Å². The van der Waals surface area contributed by atoms with E-state index in [-0.39, 0.29) is 58.0 Å². The van der Waals surface area contributed by atoms with Crippen LogP contribution < -0.4 is 4.74 Å². The third-order valence-electron chi connectivity index (χ3n) is 7.67. The van der Waals surface area contributed by atoms with Crippen LogP contribution in [-0.2, 0) is 25.2 Å². The van der Waals surface area contributed by atoms with E-state index in [1.165, 1.54) is 24.3 Å². The molecule has 0 saturated heterocycles. The topological polar surface area (TPSA) is 95.5 Å². The van der Waals surface area contributed by atoms with Crippen molar-refractivity contribution in [2.45, 2.75) is 64.7 Å². The third kappa shape index (κ3) is 7.90. The molecule has 7 nitrogen and oxygen atoms in total. The summed E-state index contributed by atoms with van der Waals surface area (Å²) >= 11 is 0. The van der Waals surface area contributed by atoms with E-state index >= 15 is 0 Å². The number of hydrogen-bond donors (Lipinski definition) is 0. The highest BCUT2D eigenvalue weighted by atomic mass is 19.4. The van der Waals surface area contributed by atoms with Crippen LogP contribution in [0.5, 0.6) is 11.5 Å². The number of nitro benzene ring substituents is 2. The lowest BCUT2D eigenvalue weighted by Crippen LogP contribution is -2.06. The molecule has 0 aliphatic carbocycles. The van der Waals surface area contributed by atoms with Crippen molar-refractivity contribution in [3.05, 3.63) is 115 Å². The fourth-order valence-electron chi connectivity index (χ4n) is 5.35. The molecule has 13 heteroatoms. The van der Waals surface area contributed by atoms with Gasteiger partial charge in [0.15, 0.2) is 0 Å². The highest BCUT2D eigenvalue weighted by Crippen LogP contribution is 2.45. The lowest BCUT2D eigenvalue weighted by atomic mass is 9.92. The Labute approximate surface area is 266 Å². The normalized spacial score (nSPS) is 11.8. The van der Waals surface area contributed by atoms with Gasteiger partial charge in [-0.1, -0.05) is 51.0 Å². The van der Waals surface area contributed by atoms with Gasteiger partial charge in [-0.25, -0.2) is 0 Å². The molecule has 0 unspecified atom stereocenters. The Hall–Kier alpha value is -4.94. The van der Waals surface area contributed by atoms with Crippen LogP contribution in [0.1, 0.15) is 61.8 Å². The molecular weight excluding hydrogens is 630 g/mol. The number of halogens is 6. The highest BCUT2D eigenvalue weighted by Gasteiger charge is 2.32. The first-order valence-corrected chi connectivity index (χ1v) is 14.8. The van der Waals surface area contributed by atoms with Gasteiger partial charge in [0, 0.05) is 23.3 Å². The molecule has 4 rings (SSSR count). The Morgan fingerprint density at radius 3 is 1.19 bits per heavy atom. The molecule has 0 N–H and O–H groups in total. The molecule has 0 fully saturated rings. The van der Waals surface area contributed by atoms with Crippen LogP contribution in [-0.4, -0.2) is 9.85 Å². The van der Waals surface area contributed by atoms with Gasteiger partial charge >= 0.3 is 12.4 Å². The summed E-state index contributed by atoms with van der Waals surface area (Å²) in [4.78, 5) is 23.0. The molecule has 0 radical (unpaired) electrons. The summed E-state index contributed by atoms with van der Waals surface area (Å²) in [6, 6.07) is 13.1. The maximum atomic E-state index is 13.3. The van der Waals surface area contributed by atoms with Crippen molar-refractivity contribution in [3.63, 3.8) is 0 Å². The van der Waals surface area contributed by atoms with Crippen molar-refractivity contribution in [2.75, 3.05) is 0 Å². The second kappa shape index (κ2) is 14.2. The van der Waals surface area contributed by atoms with Crippen molar-refractivity contribution in [1.29, 1.82) is 0 Å². The predicted molar refractivity (Wildman–Crippen MR) is 164 cm³/mol. The van der Waals surface area contributed by atoms with Crippen molar-refractivity contribution in [1.82, 2.24) is 0 Å². The number of benzene rings is 4. The number of ether oxygens (including phenoxy) is 1. The maximum absolute atomic E-state index is 13.3. The maximum Gasteiger partial charge on any atom is 0.416 e. The van der Waals surface area contributed by atoms with Crippen LogP contribution in [0.2, 0.25) is 0 Å². The first-order chi connectivity index (χ1) is 22.2. The Balaban J connectivity index is 1.95. The van der Waals surface area contributed by atoms with Crippen LogP contribution in [0.25, 0.3) is 22.3 Å². The van der Waals surface area contributed by atoms with Gasteiger partial charge in [0.05, 0.1) is 32.1 Å². The molecule has 0 amide bonds. The van der Waals surface area contributed by atoms with Crippen LogP contribution in [0, 0.1) is 20.2 Å². The lowest BCUT2D eigenvalue weighted by molar-refractivity contribution is -0.384. The molecule has 0 aromatic heterocycles. The summed E-state index contributed by atoms with van der Waals surface area (Å²) in [7, 11) is 0. The average molecular weight is 661 g/mol. The van der Waals surface area contributed by atoms with Crippen LogP contribution in [0.3, 0.4) is 0 Å². The molecule has 248 valence electrons. The van der Waals surface area contributed by atoms with Gasteiger partial charge < -0.3 is 4.74 Å². The van der Waals surface area contributed by atoms with Crippen molar-refractivity contribution in [2.24, 2.45) is 0 Å². The molecule has 47 heavy (non-hydrogen) atoms. The predicted octanol–water partition coefficient (Wildman–Crippen LogP) is 11.4. The van der Waals surface area contributed by atoms with E-state index in [0.29, 0.717) is 36.8 Å². The summed E-state index contributed by atoms with van der Waals surface area (Å²) in [6.07, 6.45) is -6.28. The smallest absolute Gasteiger partial charge is 0.416 e. The number of nitrogens with zero attached hydrogens (tertiary/aromatic N) is 2. The summed E-state index contributed by atoms with van der Waals surface area (Å²) in [6.45, 7) is 3.79. The van der Waals surface area contributed by atoms with E-state index in [1.807, 2.05) is 13.8 Å². The molecule has 0 bridgehead atoms. The highest BCUT2D eigenvalue weighted by molar-refractivity contribution is 5.81. The van der Waals surface area contributed by atoms with Gasteiger partial charge in [-0.15, -0.1) is 0 Å². The van der Waals surface area contributed by atoms with E-state index in [1.54, 1.807) is 0 Å². The zero-order valence-corrected chi connectivity index (χ0v) is 25.4. The number of hydrogen-bond acceptors (Lipinski definition) is 5. The first kappa shape index (κ1) is 34.9. The molecule has 0 aliphatic rings. The zero-order valence-electron chi connectivity index (χ0n) is 25.4. The lowest BCUT2D eigenvalue weighted by Gasteiger charge is -2.20. The second-order valence-electron chi connectivity index (χ2n) is 10.8. The standard InChI is InChI=1S/C34H30F6N2O5/c1-3-5-7-25-29(19-17-27(41(43)44)31(25)21-9-13-23(14-10-21)33(35,36)37)47-30-20-18-28(42(45)46)32(26(30)8-6-4-2)22-11-15-24(16-12-22)34(38,39)40/h9-20H,3-8H2,1-2H3. The molecule has 0 spiro atoms. The fraction of sp³-hybridized carbons (Fsp3) is 0.294. The molecule has 0 aliphatic heterocycles. The Kier molecular flexibility index (Phi) is 10.6. The number of unbranched alkanes of at least 4 members (excludes halogenated alkanes) is 2. The average Bonchev–Trinajstić information content (AvgIpc) is 3.02. The Morgan fingerprint density at radius 2 is 0.915 bits per heavy atom. The second-order valence-corrected chi connectivity index (χ2v) is 10.8. The van der Waals surface area contributed by atoms with E-state index in [4.69, 9.17) is 4.74 Å². The monoisotopic (exact) mass is 660 g/mol. The minimum Gasteiger partial charge on any atom is -0.457 e. The third-order valence-corrected chi connectivity index (χ3v) is 7.67. The van der Waals surface area contributed by atoms with Gasteiger partial charge in [0.1, 0.15) is 11.5 Å². The minimum absolute atomic E-state index is 0.0784. The molecule has 0 heterocycles. The largest absolute Gasteiger partial charge is 0.457 e. The zero-order chi connectivity index (χ0) is 34.5. The number of nitro groups is 2. The van der Waals surface area contributed by atoms with Crippen LogP contribution in [0.4, 0.5) is 37.7 Å². The molecule has 0 saturated carbocycles. The Morgan fingerprint density at radius 1 is 0.574 bits per heavy atom. The molecule has 4 aromatic rings.